The second kappa shape index (κ2) is 6.50. The smallest absolute Gasteiger partial charge is 0.307 e. The van der Waals surface area contributed by atoms with E-state index < -0.39 is 17.3 Å². The third-order valence-electron chi connectivity index (χ3n) is 3.32. The van der Waals surface area contributed by atoms with Crippen LogP contribution in [0.25, 0.3) is 11.0 Å². The normalized spacial score (nSPS) is 11.8. The van der Waals surface area contributed by atoms with Gasteiger partial charge in [-0.15, -0.1) is 0 Å². The summed E-state index contributed by atoms with van der Waals surface area (Å²) in [5.41, 5.74) is 3.53. The van der Waals surface area contributed by atoms with Crippen molar-refractivity contribution in [3.05, 3.63) is 34.1 Å². The standard InChI is InChI=1S/C15H17F3N4O2/c1-8(2)6-12(23)20-21-13-14(24)22(3)11-5-4-9(15(16,17)18)7-10(11)19-13/h4-5,7-8H,6H2,1-3H3,(H,19,21)(H,20,23). The van der Waals surface area contributed by atoms with Gasteiger partial charge >= 0.3 is 6.18 Å². The van der Waals surface area contributed by atoms with Crippen molar-refractivity contribution in [3.63, 3.8) is 0 Å². The number of aryl methyl sites for hydroxylation is 1. The molecule has 0 aliphatic carbocycles. The molecule has 0 aliphatic heterocycles. The van der Waals surface area contributed by atoms with Crippen LogP contribution in [0.4, 0.5) is 19.0 Å². The summed E-state index contributed by atoms with van der Waals surface area (Å²) in [6, 6.07) is 2.94. The fourth-order valence-electron chi connectivity index (χ4n) is 2.14. The minimum atomic E-state index is -4.51. The number of alkyl halides is 3. The van der Waals surface area contributed by atoms with E-state index >= 15 is 0 Å². The minimum Gasteiger partial charge on any atom is -0.307 e. The van der Waals surface area contributed by atoms with E-state index in [-0.39, 0.29) is 35.1 Å². The van der Waals surface area contributed by atoms with E-state index in [1.165, 1.54) is 17.7 Å². The zero-order chi connectivity index (χ0) is 18.1. The number of benzene rings is 1. The van der Waals surface area contributed by atoms with E-state index in [0.29, 0.717) is 0 Å². The SMILES string of the molecule is CC(C)CC(=O)NNc1nc2cc(C(F)(F)F)ccc2n(C)c1=O. The highest BCUT2D eigenvalue weighted by molar-refractivity contribution is 5.79. The maximum Gasteiger partial charge on any atom is 0.416 e. The van der Waals surface area contributed by atoms with Crippen molar-refractivity contribution < 1.29 is 18.0 Å². The van der Waals surface area contributed by atoms with Gasteiger partial charge in [0.2, 0.25) is 11.7 Å². The second-order valence-corrected chi connectivity index (χ2v) is 5.80. The maximum absolute atomic E-state index is 12.8. The van der Waals surface area contributed by atoms with Crippen LogP contribution in [-0.2, 0) is 18.0 Å². The highest BCUT2D eigenvalue weighted by Gasteiger charge is 2.30. The lowest BCUT2D eigenvalue weighted by Gasteiger charge is -2.13. The molecule has 0 spiro atoms. The molecule has 0 aliphatic rings. The van der Waals surface area contributed by atoms with Crippen LogP contribution in [0.1, 0.15) is 25.8 Å². The largest absolute Gasteiger partial charge is 0.416 e. The third kappa shape index (κ3) is 3.84. The molecule has 1 aromatic carbocycles. The van der Waals surface area contributed by atoms with Crippen LogP contribution in [0.3, 0.4) is 0 Å². The number of carbonyl (C=O) groups is 1. The van der Waals surface area contributed by atoms with Crippen LogP contribution in [-0.4, -0.2) is 15.5 Å². The van der Waals surface area contributed by atoms with E-state index in [2.05, 4.69) is 15.8 Å². The van der Waals surface area contributed by atoms with Crippen molar-refractivity contribution in [2.24, 2.45) is 13.0 Å². The Bertz CT molecular complexity index is 828. The summed E-state index contributed by atoms with van der Waals surface area (Å²) in [6.45, 7) is 3.71. The summed E-state index contributed by atoms with van der Waals surface area (Å²) >= 11 is 0. The summed E-state index contributed by atoms with van der Waals surface area (Å²) in [6.07, 6.45) is -4.28. The highest BCUT2D eigenvalue weighted by atomic mass is 19.4. The van der Waals surface area contributed by atoms with Gasteiger partial charge in [-0.2, -0.15) is 13.2 Å². The van der Waals surface area contributed by atoms with Gasteiger partial charge in [0.1, 0.15) is 0 Å². The Balaban J connectivity index is 2.38. The van der Waals surface area contributed by atoms with Crippen LogP contribution in [0.2, 0.25) is 0 Å². The van der Waals surface area contributed by atoms with Crippen molar-refractivity contribution in [2.45, 2.75) is 26.4 Å². The molecule has 1 aromatic heterocycles. The lowest BCUT2D eigenvalue weighted by molar-refractivity contribution is -0.137. The van der Waals surface area contributed by atoms with Crippen LogP contribution in [0.15, 0.2) is 23.0 Å². The van der Waals surface area contributed by atoms with Crippen LogP contribution < -0.4 is 16.4 Å². The first-order valence-electron chi connectivity index (χ1n) is 7.22. The molecule has 2 rings (SSSR count). The van der Waals surface area contributed by atoms with E-state index in [9.17, 15) is 22.8 Å². The summed E-state index contributed by atoms with van der Waals surface area (Å²) in [7, 11) is 1.42. The zero-order valence-corrected chi connectivity index (χ0v) is 13.4. The van der Waals surface area contributed by atoms with Gasteiger partial charge in [0.05, 0.1) is 16.6 Å². The molecule has 9 heteroatoms. The molecule has 24 heavy (non-hydrogen) atoms. The molecule has 6 nitrogen and oxygen atoms in total. The molecule has 0 radical (unpaired) electrons. The van der Waals surface area contributed by atoms with Gasteiger partial charge in [-0.25, -0.2) is 4.98 Å². The number of aromatic nitrogens is 2. The summed E-state index contributed by atoms with van der Waals surface area (Å²) in [4.78, 5) is 27.7. The van der Waals surface area contributed by atoms with E-state index in [0.717, 1.165) is 12.1 Å². The Labute approximate surface area is 135 Å². The Morgan fingerprint density at radius 3 is 2.58 bits per heavy atom. The van der Waals surface area contributed by atoms with Gasteiger partial charge < -0.3 is 4.57 Å². The fourth-order valence-corrected chi connectivity index (χ4v) is 2.14. The number of anilines is 1. The number of hydrogen-bond acceptors (Lipinski definition) is 4. The first-order chi connectivity index (χ1) is 11.1. The topological polar surface area (TPSA) is 76.0 Å². The van der Waals surface area contributed by atoms with Crippen molar-refractivity contribution >= 4 is 22.8 Å². The first-order valence-corrected chi connectivity index (χ1v) is 7.22. The molecular formula is C15H17F3N4O2. The van der Waals surface area contributed by atoms with Gasteiger partial charge in [-0.3, -0.25) is 20.4 Å². The van der Waals surface area contributed by atoms with Crippen LogP contribution in [0.5, 0.6) is 0 Å². The van der Waals surface area contributed by atoms with Gasteiger partial charge in [0.15, 0.2) is 0 Å². The lowest BCUT2D eigenvalue weighted by atomic mass is 10.1. The number of amides is 1. The van der Waals surface area contributed by atoms with Gasteiger partial charge in [0, 0.05) is 13.5 Å². The summed E-state index contributed by atoms with van der Waals surface area (Å²) < 4.78 is 39.6. The minimum absolute atomic E-state index is 0.00691. The summed E-state index contributed by atoms with van der Waals surface area (Å²) in [5.74, 6) is -0.479. The second-order valence-electron chi connectivity index (χ2n) is 5.80. The molecule has 0 saturated heterocycles. The first kappa shape index (κ1) is 17.8. The van der Waals surface area contributed by atoms with Crippen molar-refractivity contribution in [2.75, 3.05) is 5.43 Å². The van der Waals surface area contributed by atoms with Gasteiger partial charge in [0.25, 0.3) is 5.56 Å². The third-order valence-corrected chi connectivity index (χ3v) is 3.32. The van der Waals surface area contributed by atoms with E-state index in [4.69, 9.17) is 0 Å². The molecule has 0 bridgehead atoms. The lowest BCUT2D eigenvalue weighted by Crippen LogP contribution is -2.35. The monoisotopic (exact) mass is 342 g/mol. The number of nitrogens with one attached hydrogen (secondary N) is 2. The predicted molar refractivity (Wildman–Crippen MR) is 83.2 cm³/mol. The average Bonchev–Trinajstić information content (AvgIpc) is 2.47. The Kier molecular flexibility index (Phi) is 4.81. The molecule has 2 N–H and O–H groups in total. The van der Waals surface area contributed by atoms with Crippen molar-refractivity contribution in [1.82, 2.24) is 15.0 Å². The molecular weight excluding hydrogens is 325 g/mol. The predicted octanol–water partition coefficient (Wildman–Crippen LogP) is 2.44. The molecule has 2 aromatic rings. The number of hydrogen-bond donors (Lipinski definition) is 2. The van der Waals surface area contributed by atoms with Crippen molar-refractivity contribution in [3.8, 4) is 0 Å². The van der Waals surface area contributed by atoms with E-state index in [1.54, 1.807) is 0 Å². The van der Waals surface area contributed by atoms with Crippen LogP contribution in [0, 0.1) is 5.92 Å². The van der Waals surface area contributed by atoms with E-state index in [1.807, 2.05) is 13.8 Å². The fraction of sp³-hybridized carbons (Fsp3) is 0.400. The Morgan fingerprint density at radius 2 is 2.00 bits per heavy atom. The number of fused-ring (bicyclic) bond motifs is 1. The number of hydrazine groups is 1. The molecule has 0 saturated carbocycles. The summed E-state index contributed by atoms with van der Waals surface area (Å²) in [5, 5.41) is 0. The zero-order valence-electron chi connectivity index (χ0n) is 13.4. The molecule has 130 valence electrons. The molecule has 0 fully saturated rings. The number of halogens is 3. The van der Waals surface area contributed by atoms with Crippen molar-refractivity contribution in [1.29, 1.82) is 0 Å². The molecule has 1 amide bonds. The quantitative estimate of drug-likeness (QED) is 0.837. The van der Waals surface area contributed by atoms with Gasteiger partial charge in [-0.05, 0) is 24.1 Å². The Morgan fingerprint density at radius 1 is 1.33 bits per heavy atom. The van der Waals surface area contributed by atoms with Crippen LogP contribution >= 0.6 is 0 Å². The maximum atomic E-state index is 12.8. The van der Waals surface area contributed by atoms with Gasteiger partial charge in [-0.1, -0.05) is 13.8 Å². The highest BCUT2D eigenvalue weighted by Crippen LogP contribution is 2.30. The number of rotatable bonds is 4. The number of carbonyl (C=O) groups excluding carboxylic acids is 1. The molecule has 0 unspecified atom stereocenters. The molecule has 0 atom stereocenters. The average molecular weight is 342 g/mol. The number of nitrogens with zero attached hydrogens (tertiary/aromatic N) is 2. The Hall–Kier alpha value is -2.58. The molecule has 1 heterocycles.